The van der Waals surface area contributed by atoms with E-state index in [1.165, 1.54) is 0 Å². The highest BCUT2D eigenvalue weighted by molar-refractivity contribution is 9.10. The third kappa shape index (κ3) is 14.1. The van der Waals surface area contributed by atoms with E-state index in [1.807, 2.05) is 24.3 Å². The highest BCUT2D eigenvalue weighted by Gasteiger charge is 2.38. The molecule has 0 aliphatic carbocycles. The fourth-order valence-corrected chi connectivity index (χ4v) is 3.49. The van der Waals surface area contributed by atoms with Crippen LogP contribution in [0.5, 0.6) is 0 Å². The van der Waals surface area contributed by atoms with Crippen molar-refractivity contribution in [3.8, 4) is 0 Å². The number of aliphatic carboxylic acids is 2. The number of hydrogen-bond donors (Lipinski definition) is 5. The molecule has 1 aliphatic rings. The summed E-state index contributed by atoms with van der Waals surface area (Å²) in [6, 6.07) is 10.5. The first kappa shape index (κ1) is 36.1. The molecular weight excluding hydrogens is 648 g/mol. The van der Waals surface area contributed by atoms with Gasteiger partial charge in [-0.3, -0.25) is 9.78 Å². The number of pyridine rings is 1. The molecule has 3 amide bonds. The summed E-state index contributed by atoms with van der Waals surface area (Å²) in [4.78, 5) is 48.2. The summed E-state index contributed by atoms with van der Waals surface area (Å²) in [7, 11) is 0. The molecule has 18 heteroatoms. The van der Waals surface area contributed by atoms with Gasteiger partial charge >= 0.3 is 30.3 Å². The summed E-state index contributed by atoms with van der Waals surface area (Å²) in [6.07, 6.45) is -4.99. The molecule has 1 atom stereocenters. The van der Waals surface area contributed by atoms with Gasteiger partial charge in [-0.1, -0.05) is 28.1 Å². The van der Waals surface area contributed by atoms with Crippen molar-refractivity contribution in [2.24, 2.45) is 5.73 Å². The smallest absolute Gasteiger partial charge is 0.475 e. The standard InChI is InChI=1S/C20H24BrN5O2.2C2HF3O2/c21-15-3-1-14(2-4-15)13-18(22)19(27)26-11-7-17(8-12-26)25-20(28)24-16-5-9-23-10-6-16;2*3-2(4,5)1(6)7/h1-6,9-10,17-18H,7-8,11-13,22H2,(H2,23,24,25,28);2*(H,6,7)/t18-;;/m1../s1. The van der Waals surface area contributed by atoms with Crippen molar-refractivity contribution in [3.05, 3.63) is 58.8 Å². The molecule has 42 heavy (non-hydrogen) atoms. The van der Waals surface area contributed by atoms with Gasteiger partial charge in [0.2, 0.25) is 5.91 Å². The van der Waals surface area contributed by atoms with Gasteiger partial charge in [0, 0.05) is 41.7 Å². The maximum absolute atomic E-state index is 12.6. The maximum atomic E-state index is 12.6. The number of likely N-dealkylation sites (tertiary alicyclic amines) is 1. The van der Waals surface area contributed by atoms with E-state index in [4.69, 9.17) is 25.5 Å². The average molecular weight is 674 g/mol. The predicted molar refractivity (Wildman–Crippen MR) is 139 cm³/mol. The summed E-state index contributed by atoms with van der Waals surface area (Å²) >= 11 is 3.40. The number of carboxylic acid groups (broad SMARTS) is 2. The summed E-state index contributed by atoms with van der Waals surface area (Å²) < 4.78 is 64.5. The van der Waals surface area contributed by atoms with Crippen molar-refractivity contribution < 1.29 is 55.7 Å². The van der Waals surface area contributed by atoms with E-state index in [0.29, 0.717) is 38.0 Å². The molecule has 11 nitrogen and oxygen atoms in total. The number of nitrogens with one attached hydrogen (secondary N) is 2. The molecule has 1 aromatic carbocycles. The number of alkyl halides is 6. The van der Waals surface area contributed by atoms with Crippen molar-refractivity contribution in [1.82, 2.24) is 15.2 Å². The monoisotopic (exact) mass is 673 g/mol. The van der Waals surface area contributed by atoms with Crippen LogP contribution in [-0.2, 0) is 20.8 Å². The van der Waals surface area contributed by atoms with Crippen LogP contribution in [0.3, 0.4) is 0 Å². The Bertz CT molecular complexity index is 1150. The Kier molecular flexibility index (Phi) is 14.2. The Hall–Kier alpha value is -3.93. The third-order valence-corrected chi connectivity index (χ3v) is 5.78. The number of piperidine rings is 1. The van der Waals surface area contributed by atoms with Crippen LogP contribution >= 0.6 is 15.9 Å². The number of carboxylic acids is 2. The van der Waals surface area contributed by atoms with E-state index in [0.717, 1.165) is 10.0 Å². The molecule has 1 saturated heterocycles. The highest BCUT2D eigenvalue weighted by atomic mass is 79.9. The van der Waals surface area contributed by atoms with E-state index in [2.05, 4.69) is 31.5 Å². The zero-order valence-electron chi connectivity index (χ0n) is 21.5. The number of urea groups is 1. The molecular formula is C24H26BrF6N5O6. The molecule has 232 valence electrons. The zero-order chi connectivity index (χ0) is 32.1. The zero-order valence-corrected chi connectivity index (χ0v) is 23.0. The minimum absolute atomic E-state index is 0.0357. The Labute approximate surface area is 243 Å². The van der Waals surface area contributed by atoms with Crippen LogP contribution in [0.4, 0.5) is 36.8 Å². The van der Waals surface area contributed by atoms with E-state index >= 15 is 0 Å². The quantitative estimate of drug-likeness (QED) is 0.298. The summed E-state index contributed by atoms with van der Waals surface area (Å²) in [5.41, 5.74) is 7.86. The van der Waals surface area contributed by atoms with Crippen molar-refractivity contribution in [1.29, 1.82) is 0 Å². The Morgan fingerprint density at radius 3 is 1.81 bits per heavy atom. The number of benzene rings is 1. The van der Waals surface area contributed by atoms with Crippen LogP contribution in [0, 0.1) is 0 Å². The molecule has 1 aromatic heterocycles. The Morgan fingerprint density at radius 2 is 1.38 bits per heavy atom. The number of carbonyl (C=O) groups excluding carboxylic acids is 2. The van der Waals surface area contributed by atoms with E-state index in [1.54, 1.807) is 29.4 Å². The maximum Gasteiger partial charge on any atom is 0.490 e. The van der Waals surface area contributed by atoms with Gasteiger partial charge in [-0.05, 0) is 49.1 Å². The SMILES string of the molecule is N[C@H](Cc1ccc(Br)cc1)C(=O)N1CCC(NC(=O)Nc2ccncc2)CC1.O=C(O)C(F)(F)F.O=C(O)C(F)(F)F. The molecule has 1 aliphatic heterocycles. The summed E-state index contributed by atoms with van der Waals surface area (Å²) in [5, 5.41) is 20.0. The van der Waals surface area contributed by atoms with Crippen LogP contribution in [0.15, 0.2) is 53.3 Å². The molecule has 1 fully saturated rings. The lowest BCUT2D eigenvalue weighted by atomic mass is 10.0. The lowest BCUT2D eigenvalue weighted by Crippen LogP contribution is -2.51. The minimum Gasteiger partial charge on any atom is -0.475 e. The molecule has 0 radical (unpaired) electrons. The second-order valence-corrected chi connectivity index (χ2v) is 9.39. The molecule has 0 bridgehead atoms. The van der Waals surface area contributed by atoms with Crippen LogP contribution < -0.4 is 16.4 Å². The normalized spacial score (nSPS) is 14.2. The number of anilines is 1. The highest BCUT2D eigenvalue weighted by Crippen LogP contribution is 2.16. The van der Waals surface area contributed by atoms with Gasteiger partial charge in [-0.2, -0.15) is 26.3 Å². The lowest BCUT2D eigenvalue weighted by molar-refractivity contribution is -0.193. The number of nitrogens with two attached hydrogens (primary N) is 1. The molecule has 6 N–H and O–H groups in total. The van der Waals surface area contributed by atoms with Crippen LogP contribution in [0.2, 0.25) is 0 Å². The van der Waals surface area contributed by atoms with Gasteiger partial charge in [-0.25, -0.2) is 14.4 Å². The number of rotatable bonds is 5. The lowest BCUT2D eigenvalue weighted by Gasteiger charge is -2.33. The van der Waals surface area contributed by atoms with Gasteiger partial charge in [0.15, 0.2) is 0 Å². The van der Waals surface area contributed by atoms with Gasteiger partial charge < -0.3 is 31.5 Å². The van der Waals surface area contributed by atoms with E-state index < -0.39 is 30.3 Å². The number of carbonyl (C=O) groups is 4. The Balaban J connectivity index is 0.000000522. The number of aromatic nitrogens is 1. The first-order valence-electron chi connectivity index (χ1n) is 11.8. The van der Waals surface area contributed by atoms with Crippen molar-refractivity contribution in [3.63, 3.8) is 0 Å². The van der Waals surface area contributed by atoms with Gasteiger partial charge in [0.05, 0.1) is 6.04 Å². The molecule has 0 saturated carbocycles. The van der Waals surface area contributed by atoms with Crippen molar-refractivity contribution in [2.75, 3.05) is 18.4 Å². The minimum atomic E-state index is -5.08. The average Bonchev–Trinajstić information content (AvgIpc) is 2.90. The summed E-state index contributed by atoms with van der Waals surface area (Å²) in [5.74, 6) is -5.55. The van der Waals surface area contributed by atoms with E-state index in [-0.39, 0.29) is 18.0 Å². The number of hydrogen-bond acceptors (Lipinski definition) is 6. The summed E-state index contributed by atoms with van der Waals surface area (Å²) in [6.45, 7) is 1.18. The topological polar surface area (TPSA) is 175 Å². The number of halogens is 7. The van der Waals surface area contributed by atoms with Crippen LogP contribution in [0.1, 0.15) is 18.4 Å². The fourth-order valence-electron chi connectivity index (χ4n) is 3.23. The first-order valence-corrected chi connectivity index (χ1v) is 12.6. The second kappa shape index (κ2) is 16.5. The molecule has 3 rings (SSSR count). The molecule has 0 unspecified atom stereocenters. The van der Waals surface area contributed by atoms with Crippen LogP contribution in [-0.4, -0.2) is 81.5 Å². The third-order valence-electron chi connectivity index (χ3n) is 5.25. The fraction of sp³-hybridized carbons (Fsp3) is 0.375. The van der Waals surface area contributed by atoms with Crippen molar-refractivity contribution >= 4 is 45.5 Å². The van der Waals surface area contributed by atoms with Crippen LogP contribution in [0.25, 0.3) is 0 Å². The number of amides is 3. The molecule has 2 heterocycles. The van der Waals surface area contributed by atoms with Gasteiger partial charge in [0.1, 0.15) is 0 Å². The first-order chi connectivity index (χ1) is 19.4. The van der Waals surface area contributed by atoms with Gasteiger partial charge in [0.25, 0.3) is 0 Å². The second-order valence-electron chi connectivity index (χ2n) is 8.48. The molecule has 2 aromatic rings. The van der Waals surface area contributed by atoms with Crippen molar-refractivity contribution in [2.45, 2.75) is 43.7 Å². The largest absolute Gasteiger partial charge is 0.490 e. The predicted octanol–water partition coefficient (Wildman–Crippen LogP) is 3.79. The molecule has 0 spiro atoms. The Morgan fingerprint density at radius 1 is 0.929 bits per heavy atom. The van der Waals surface area contributed by atoms with E-state index in [9.17, 15) is 35.9 Å². The van der Waals surface area contributed by atoms with Gasteiger partial charge in [-0.15, -0.1) is 0 Å². The number of nitrogens with zero attached hydrogens (tertiary/aromatic N) is 2.